The molecule has 0 fully saturated rings. The van der Waals surface area contributed by atoms with E-state index in [9.17, 15) is 0 Å². The minimum absolute atomic E-state index is 1.01. The first-order valence-corrected chi connectivity index (χ1v) is 16.9. The Hall–Kier alpha value is -6.51. The van der Waals surface area contributed by atoms with Crippen LogP contribution in [0.4, 0.5) is 0 Å². The van der Waals surface area contributed by atoms with Gasteiger partial charge in [-0.25, -0.2) is 0 Å². The zero-order chi connectivity index (χ0) is 32.1. The van der Waals surface area contributed by atoms with Crippen LogP contribution in [0.3, 0.4) is 0 Å². The van der Waals surface area contributed by atoms with Gasteiger partial charge in [0.05, 0.1) is 16.6 Å². The molecular formula is C47H28N2. The van der Waals surface area contributed by atoms with E-state index < -0.39 is 0 Å². The summed E-state index contributed by atoms with van der Waals surface area (Å²) in [6.45, 7) is 0. The maximum absolute atomic E-state index is 4.67. The third-order valence-corrected chi connectivity index (χ3v) is 10.6. The normalized spacial score (nSPS) is 12.1. The van der Waals surface area contributed by atoms with Crippen molar-refractivity contribution in [1.29, 1.82) is 0 Å². The van der Waals surface area contributed by atoms with Gasteiger partial charge in [0, 0.05) is 28.0 Å². The topological polar surface area (TPSA) is 17.8 Å². The Labute approximate surface area is 283 Å². The molecule has 2 aromatic heterocycles. The van der Waals surface area contributed by atoms with Gasteiger partial charge in [0.1, 0.15) is 0 Å². The van der Waals surface area contributed by atoms with Crippen LogP contribution in [0.15, 0.2) is 170 Å². The second kappa shape index (κ2) is 10.00. The van der Waals surface area contributed by atoms with E-state index in [4.69, 9.17) is 0 Å². The van der Waals surface area contributed by atoms with Crippen LogP contribution >= 0.6 is 0 Å². The molecule has 2 nitrogen and oxygen atoms in total. The predicted molar refractivity (Wildman–Crippen MR) is 206 cm³/mol. The average Bonchev–Trinajstić information content (AvgIpc) is 3.68. The van der Waals surface area contributed by atoms with Crippen LogP contribution in [-0.4, -0.2) is 9.55 Å². The third-order valence-electron chi connectivity index (χ3n) is 10.6. The molecule has 0 radical (unpaired) electrons. The molecule has 2 heteroatoms. The lowest BCUT2D eigenvalue weighted by molar-refractivity contribution is 1.19. The van der Waals surface area contributed by atoms with Crippen molar-refractivity contribution >= 4 is 54.3 Å². The number of pyridine rings is 1. The highest BCUT2D eigenvalue weighted by molar-refractivity contribution is 6.21. The molecule has 8 aromatic carbocycles. The van der Waals surface area contributed by atoms with E-state index in [0.29, 0.717) is 0 Å². The largest absolute Gasteiger partial charge is 0.309 e. The Kier molecular flexibility index (Phi) is 5.42. The average molecular weight is 621 g/mol. The van der Waals surface area contributed by atoms with Crippen LogP contribution in [0.25, 0.3) is 104 Å². The van der Waals surface area contributed by atoms with Crippen molar-refractivity contribution in [2.75, 3.05) is 0 Å². The molecule has 1 aliphatic rings. The van der Waals surface area contributed by atoms with Gasteiger partial charge in [-0.1, -0.05) is 109 Å². The fourth-order valence-corrected chi connectivity index (χ4v) is 8.33. The first-order chi connectivity index (χ1) is 24.3. The second-order valence-corrected chi connectivity index (χ2v) is 13.1. The summed E-state index contributed by atoms with van der Waals surface area (Å²) in [5.41, 5.74) is 14.8. The molecular weight excluding hydrogens is 593 g/mol. The Balaban J connectivity index is 1.05. The summed E-state index contributed by atoms with van der Waals surface area (Å²) in [5.74, 6) is 0. The van der Waals surface area contributed by atoms with E-state index in [0.717, 1.165) is 16.6 Å². The van der Waals surface area contributed by atoms with E-state index in [1.807, 2.05) is 12.3 Å². The molecule has 0 aliphatic heterocycles. The highest BCUT2D eigenvalue weighted by atomic mass is 15.0. The zero-order valence-corrected chi connectivity index (χ0v) is 26.6. The smallest absolute Gasteiger partial charge is 0.0723 e. The predicted octanol–water partition coefficient (Wildman–Crippen LogP) is 12.6. The molecule has 0 N–H and O–H groups in total. The molecule has 49 heavy (non-hydrogen) atoms. The molecule has 0 bridgehead atoms. The number of nitrogens with zero attached hydrogens (tertiary/aromatic N) is 2. The maximum atomic E-state index is 4.67. The van der Waals surface area contributed by atoms with Crippen molar-refractivity contribution in [2.24, 2.45) is 0 Å². The Morgan fingerprint density at radius 1 is 0.388 bits per heavy atom. The van der Waals surface area contributed by atoms with Crippen molar-refractivity contribution in [2.45, 2.75) is 0 Å². The Morgan fingerprint density at radius 2 is 1.12 bits per heavy atom. The summed E-state index contributed by atoms with van der Waals surface area (Å²) < 4.78 is 2.40. The first-order valence-electron chi connectivity index (χ1n) is 16.9. The summed E-state index contributed by atoms with van der Waals surface area (Å²) in [7, 11) is 0. The van der Waals surface area contributed by atoms with Gasteiger partial charge in [0.25, 0.3) is 0 Å². The fourth-order valence-electron chi connectivity index (χ4n) is 8.33. The number of hydrogen-bond donors (Lipinski definition) is 0. The van der Waals surface area contributed by atoms with Gasteiger partial charge in [-0.3, -0.25) is 4.98 Å². The number of rotatable bonds is 3. The maximum Gasteiger partial charge on any atom is 0.0723 e. The molecule has 1 aliphatic carbocycles. The number of aromatic nitrogens is 2. The zero-order valence-electron chi connectivity index (χ0n) is 26.6. The number of fused-ring (bicyclic) bond motifs is 9. The minimum atomic E-state index is 1.01. The van der Waals surface area contributed by atoms with E-state index >= 15 is 0 Å². The quantitative estimate of drug-likeness (QED) is 0.192. The second-order valence-electron chi connectivity index (χ2n) is 13.1. The lowest BCUT2D eigenvalue weighted by Crippen LogP contribution is -1.95. The van der Waals surface area contributed by atoms with Crippen LogP contribution in [0.5, 0.6) is 0 Å². The summed E-state index contributed by atoms with van der Waals surface area (Å²) in [6.07, 6.45) is 1.87. The van der Waals surface area contributed by atoms with Crippen molar-refractivity contribution in [3.63, 3.8) is 0 Å². The van der Waals surface area contributed by atoms with Crippen molar-refractivity contribution in [3.05, 3.63) is 170 Å². The molecule has 0 amide bonds. The van der Waals surface area contributed by atoms with Gasteiger partial charge in [-0.2, -0.15) is 0 Å². The monoisotopic (exact) mass is 620 g/mol. The number of hydrogen-bond acceptors (Lipinski definition) is 1. The molecule has 11 rings (SSSR count). The summed E-state index contributed by atoms with van der Waals surface area (Å²) in [6, 6.07) is 60.1. The molecule has 0 saturated heterocycles. The van der Waals surface area contributed by atoms with Gasteiger partial charge in [0.2, 0.25) is 0 Å². The van der Waals surface area contributed by atoms with Crippen molar-refractivity contribution < 1.29 is 0 Å². The summed E-state index contributed by atoms with van der Waals surface area (Å²) in [4.78, 5) is 4.67. The SMILES string of the molecule is c1ccc(-c2ccc3cc4c(cc3c2)-c2ccc(-c3ccc(-n5c6ccccc6c6ccc7ncccc7c65)cc3)c3cccc-4c23)cc1. The Bertz CT molecular complexity index is 2970. The molecule has 2 heterocycles. The molecule has 226 valence electrons. The van der Waals surface area contributed by atoms with E-state index in [2.05, 4.69) is 167 Å². The molecule has 0 unspecified atom stereocenters. The van der Waals surface area contributed by atoms with Gasteiger partial charge in [-0.15, -0.1) is 0 Å². The van der Waals surface area contributed by atoms with E-state index in [1.54, 1.807) is 0 Å². The first kappa shape index (κ1) is 26.5. The standard InChI is InChI=1S/C47H28N2/c1-2-8-29(9-3-1)31-15-16-32-27-42-38-12-6-11-37-35(21-22-39(46(37)38)43(42)28-33(32)26-31)30-17-19-34(20-18-30)49-45-14-5-4-10-36(45)40-23-24-44-41(47(40)49)13-7-25-48-44/h1-28H. The van der Waals surface area contributed by atoms with Crippen LogP contribution in [0.2, 0.25) is 0 Å². The van der Waals surface area contributed by atoms with Crippen molar-refractivity contribution in [3.8, 4) is 50.2 Å². The van der Waals surface area contributed by atoms with Crippen LogP contribution in [-0.2, 0) is 0 Å². The number of benzene rings is 8. The van der Waals surface area contributed by atoms with Gasteiger partial charge < -0.3 is 4.57 Å². The lowest BCUT2D eigenvalue weighted by atomic mass is 9.94. The summed E-state index contributed by atoms with van der Waals surface area (Å²) >= 11 is 0. The molecule has 0 spiro atoms. The highest BCUT2D eigenvalue weighted by Gasteiger charge is 2.24. The van der Waals surface area contributed by atoms with Crippen molar-refractivity contribution in [1.82, 2.24) is 9.55 Å². The lowest BCUT2D eigenvalue weighted by Gasteiger charge is -2.13. The van der Waals surface area contributed by atoms with Crippen LogP contribution < -0.4 is 0 Å². The summed E-state index contributed by atoms with van der Waals surface area (Å²) in [5, 5.41) is 8.85. The highest BCUT2D eigenvalue weighted by Crippen LogP contribution is 2.50. The molecule has 0 atom stereocenters. The van der Waals surface area contributed by atoms with Gasteiger partial charge in [-0.05, 0) is 121 Å². The molecule has 10 aromatic rings. The van der Waals surface area contributed by atoms with E-state index in [-0.39, 0.29) is 0 Å². The number of para-hydroxylation sites is 1. The minimum Gasteiger partial charge on any atom is -0.309 e. The fraction of sp³-hybridized carbons (Fsp3) is 0. The van der Waals surface area contributed by atoms with Gasteiger partial charge in [0.15, 0.2) is 0 Å². The third kappa shape index (κ3) is 3.80. The van der Waals surface area contributed by atoms with Crippen LogP contribution in [0.1, 0.15) is 0 Å². The van der Waals surface area contributed by atoms with E-state index in [1.165, 1.54) is 87.9 Å². The van der Waals surface area contributed by atoms with Gasteiger partial charge >= 0.3 is 0 Å². The molecule has 0 saturated carbocycles. The Morgan fingerprint density at radius 3 is 2.02 bits per heavy atom. The van der Waals surface area contributed by atoms with Crippen LogP contribution in [0, 0.1) is 0 Å².